The van der Waals surface area contributed by atoms with Crippen molar-refractivity contribution in [2.75, 3.05) is 13.9 Å². The Morgan fingerprint density at radius 3 is 2.50 bits per heavy atom. The first-order valence-corrected chi connectivity index (χ1v) is 4.78. The summed E-state index contributed by atoms with van der Waals surface area (Å²) >= 11 is 0. The Morgan fingerprint density at radius 1 is 1.36 bits per heavy atom. The summed E-state index contributed by atoms with van der Waals surface area (Å²) in [5, 5.41) is 0. The van der Waals surface area contributed by atoms with Crippen LogP contribution in [0.3, 0.4) is 0 Å². The first kappa shape index (κ1) is 9.49. The van der Waals surface area contributed by atoms with Crippen molar-refractivity contribution in [3.63, 3.8) is 0 Å². The van der Waals surface area contributed by atoms with Gasteiger partial charge in [-0.05, 0) is 24.1 Å². The maximum absolute atomic E-state index is 5.77. The molecule has 2 N–H and O–H groups in total. The van der Waals surface area contributed by atoms with Crippen LogP contribution in [0.15, 0.2) is 24.3 Å². The highest BCUT2D eigenvalue weighted by Gasteiger charge is 2.34. The van der Waals surface area contributed by atoms with Gasteiger partial charge in [0, 0.05) is 19.1 Å². The summed E-state index contributed by atoms with van der Waals surface area (Å²) in [4.78, 5) is 0. The molecule has 1 fully saturated rings. The molecule has 0 saturated heterocycles. The number of ether oxygens (including phenoxy) is 2. The van der Waals surface area contributed by atoms with Gasteiger partial charge >= 0.3 is 0 Å². The number of hydrogen-bond donors (Lipinski definition) is 1. The van der Waals surface area contributed by atoms with Crippen molar-refractivity contribution >= 4 is 0 Å². The van der Waals surface area contributed by atoms with Crippen LogP contribution in [-0.4, -0.2) is 19.9 Å². The van der Waals surface area contributed by atoms with Crippen LogP contribution in [-0.2, 0) is 4.74 Å². The van der Waals surface area contributed by atoms with E-state index in [9.17, 15) is 0 Å². The predicted octanol–water partition coefficient (Wildman–Crippen LogP) is 1.48. The lowest BCUT2D eigenvalue weighted by Crippen LogP contribution is -2.01. The highest BCUT2D eigenvalue weighted by molar-refractivity contribution is 5.33. The quantitative estimate of drug-likeness (QED) is 0.737. The van der Waals surface area contributed by atoms with Crippen molar-refractivity contribution in [3.05, 3.63) is 29.8 Å². The van der Waals surface area contributed by atoms with Crippen LogP contribution in [0.25, 0.3) is 0 Å². The molecule has 1 aromatic carbocycles. The minimum Gasteiger partial charge on any atom is -0.468 e. The summed E-state index contributed by atoms with van der Waals surface area (Å²) in [5.74, 6) is 1.40. The summed E-state index contributed by atoms with van der Waals surface area (Å²) in [6, 6.07) is 8.42. The Kier molecular flexibility index (Phi) is 2.70. The van der Waals surface area contributed by atoms with Gasteiger partial charge in [-0.25, -0.2) is 0 Å². The number of methoxy groups -OCH3 is 1. The zero-order chi connectivity index (χ0) is 9.97. The second-order valence-corrected chi connectivity index (χ2v) is 3.63. The normalized spacial score (nSPS) is 24.7. The first-order chi connectivity index (χ1) is 6.81. The molecule has 2 unspecified atom stereocenters. The van der Waals surface area contributed by atoms with E-state index in [0.29, 0.717) is 18.8 Å². The summed E-state index contributed by atoms with van der Waals surface area (Å²) in [6.45, 7) is 0.294. The van der Waals surface area contributed by atoms with Gasteiger partial charge in [-0.2, -0.15) is 0 Å². The summed E-state index contributed by atoms with van der Waals surface area (Å²) in [5.41, 5.74) is 7.07. The molecule has 1 aromatic rings. The molecule has 1 aliphatic rings. The van der Waals surface area contributed by atoms with E-state index >= 15 is 0 Å². The Hall–Kier alpha value is -1.06. The van der Waals surface area contributed by atoms with Gasteiger partial charge in [-0.3, -0.25) is 0 Å². The maximum atomic E-state index is 5.77. The number of hydrogen-bond acceptors (Lipinski definition) is 3. The van der Waals surface area contributed by atoms with E-state index < -0.39 is 0 Å². The summed E-state index contributed by atoms with van der Waals surface area (Å²) in [7, 11) is 1.61. The number of rotatable bonds is 4. The van der Waals surface area contributed by atoms with Crippen molar-refractivity contribution in [1.29, 1.82) is 0 Å². The van der Waals surface area contributed by atoms with E-state index in [1.54, 1.807) is 7.11 Å². The third-order valence-electron chi connectivity index (χ3n) is 2.49. The monoisotopic (exact) mass is 193 g/mol. The largest absolute Gasteiger partial charge is 0.468 e. The molecule has 1 aliphatic carbocycles. The van der Waals surface area contributed by atoms with Crippen LogP contribution in [0.4, 0.5) is 0 Å². The molecule has 0 bridgehead atoms. The maximum Gasteiger partial charge on any atom is 0.188 e. The second-order valence-electron chi connectivity index (χ2n) is 3.63. The second kappa shape index (κ2) is 3.98. The minimum absolute atomic E-state index is 0.294. The molecule has 1 saturated carbocycles. The predicted molar refractivity (Wildman–Crippen MR) is 54.3 cm³/mol. The Balaban J connectivity index is 1.96. The fourth-order valence-electron chi connectivity index (χ4n) is 1.54. The standard InChI is InChI=1S/C11H15NO2/c1-13-7-14-9-4-2-8(3-5-9)10-6-11(10)12/h2-5,10-11H,6-7,12H2,1H3. The zero-order valence-electron chi connectivity index (χ0n) is 8.27. The van der Waals surface area contributed by atoms with Gasteiger partial charge in [0.05, 0.1) is 0 Å². The highest BCUT2D eigenvalue weighted by atomic mass is 16.7. The van der Waals surface area contributed by atoms with E-state index in [1.165, 1.54) is 5.56 Å². The van der Waals surface area contributed by atoms with Crippen LogP contribution in [0.5, 0.6) is 5.75 Å². The van der Waals surface area contributed by atoms with Crippen molar-refractivity contribution in [1.82, 2.24) is 0 Å². The fourth-order valence-corrected chi connectivity index (χ4v) is 1.54. The molecule has 76 valence electrons. The summed E-state index contributed by atoms with van der Waals surface area (Å²) in [6.07, 6.45) is 1.11. The Bertz CT molecular complexity index is 297. The summed E-state index contributed by atoms with van der Waals surface area (Å²) < 4.78 is 10.1. The molecule has 0 aromatic heterocycles. The van der Waals surface area contributed by atoms with E-state index in [-0.39, 0.29) is 0 Å². The molecular formula is C11H15NO2. The van der Waals surface area contributed by atoms with Gasteiger partial charge in [0.25, 0.3) is 0 Å². The Morgan fingerprint density at radius 2 is 2.00 bits per heavy atom. The third kappa shape index (κ3) is 2.05. The molecule has 2 rings (SSSR count). The number of benzene rings is 1. The van der Waals surface area contributed by atoms with Gasteiger partial charge in [0.1, 0.15) is 5.75 Å². The van der Waals surface area contributed by atoms with Crippen LogP contribution in [0.2, 0.25) is 0 Å². The van der Waals surface area contributed by atoms with Gasteiger partial charge in [0.2, 0.25) is 0 Å². The molecule has 0 aliphatic heterocycles. The van der Waals surface area contributed by atoms with Crippen molar-refractivity contribution in [2.45, 2.75) is 18.4 Å². The molecule has 3 nitrogen and oxygen atoms in total. The highest BCUT2D eigenvalue weighted by Crippen LogP contribution is 2.39. The molecular weight excluding hydrogens is 178 g/mol. The van der Waals surface area contributed by atoms with E-state index in [0.717, 1.165) is 12.2 Å². The fraction of sp³-hybridized carbons (Fsp3) is 0.455. The SMILES string of the molecule is COCOc1ccc(C2CC2N)cc1. The molecule has 0 amide bonds. The lowest BCUT2D eigenvalue weighted by atomic mass is 10.1. The lowest BCUT2D eigenvalue weighted by Gasteiger charge is -2.05. The third-order valence-corrected chi connectivity index (χ3v) is 2.49. The molecule has 0 spiro atoms. The molecule has 14 heavy (non-hydrogen) atoms. The van der Waals surface area contributed by atoms with Crippen molar-refractivity contribution < 1.29 is 9.47 Å². The van der Waals surface area contributed by atoms with Crippen LogP contribution >= 0.6 is 0 Å². The van der Waals surface area contributed by atoms with Gasteiger partial charge in [-0.15, -0.1) is 0 Å². The molecule has 0 radical (unpaired) electrons. The minimum atomic E-state index is 0.294. The lowest BCUT2D eigenvalue weighted by molar-refractivity contribution is 0.0511. The van der Waals surface area contributed by atoms with Gasteiger partial charge in [-0.1, -0.05) is 12.1 Å². The van der Waals surface area contributed by atoms with Crippen LogP contribution < -0.4 is 10.5 Å². The average Bonchev–Trinajstić information content (AvgIpc) is 2.93. The average molecular weight is 193 g/mol. The van der Waals surface area contributed by atoms with Crippen molar-refractivity contribution in [3.8, 4) is 5.75 Å². The molecule has 2 atom stereocenters. The smallest absolute Gasteiger partial charge is 0.188 e. The molecule has 3 heteroatoms. The first-order valence-electron chi connectivity index (χ1n) is 4.78. The zero-order valence-corrected chi connectivity index (χ0v) is 8.27. The van der Waals surface area contributed by atoms with Crippen molar-refractivity contribution in [2.24, 2.45) is 5.73 Å². The Labute approximate surface area is 83.8 Å². The van der Waals surface area contributed by atoms with E-state index in [2.05, 4.69) is 12.1 Å². The topological polar surface area (TPSA) is 44.5 Å². The van der Waals surface area contributed by atoms with E-state index in [4.69, 9.17) is 15.2 Å². The van der Waals surface area contributed by atoms with Crippen LogP contribution in [0, 0.1) is 0 Å². The van der Waals surface area contributed by atoms with Crippen LogP contribution in [0.1, 0.15) is 17.9 Å². The van der Waals surface area contributed by atoms with Gasteiger partial charge in [0.15, 0.2) is 6.79 Å². The van der Waals surface area contributed by atoms with E-state index in [1.807, 2.05) is 12.1 Å². The molecule has 0 heterocycles. The van der Waals surface area contributed by atoms with Gasteiger partial charge < -0.3 is 15.2 Å². The number of nitrogens with two attached hydrogens (primary N) is 1.